The number of hydrogen-bond donors (Lipinski definition) is 1. The molecule has 0 atom stereocenters. The van der Waals surface area contributed by atoms with Gasteiger partial charge in [0.05, 0.1) is 12.0 Å². The number of hydrogen-bond acceptors (Lipinski definition) is 2. The van der Waals surface area contributed by atoms with Crippen LogP contribution in [0.25, 0.3) is 6.08 Å². The molecular weight excluding hydrogens is 378 g/mol. The van der Waals surface area contributed by atoms with Crippen molar-refractivity contribution in [3.8, 4) is 12.1 Å². The van der Waals surface area contributed by atoms with E-state index in [0.29, 0.717) is 6.54 Å². The average Bonchev–Trinajstić information content (AvgIpc) is 2.98. The molecule has 0 aliphatic carbocycles. The molecule has 3 nitrogen and oxygen atoms in total. The van der Waals surface area contributed by atoms with Gasteiger partial charge in [-0.2, -0.15) is 4.58 Å². The second-order valence-electron chi connectivity index (χ2n) is 8.34. The lowest BCUT2D eigenvalue weighted by Crippen LogP contribution is -2.26. The Hall–Kier alpha value is -3.77. The summed E-state index contributed by atoms with van der Waals surface area (Å²) in [5.41, 5.74) is 12.8. The van der Waals surface area contributed by atoms with Crippen LogP contribution < -0.4 is 10.6 Å². The number of nitrogens with zero attached hydrogens (tertiary/aromatic N) is 2. The van der Waals surface area contributed by atoms with Gasteiger partial charge in [-0.1, -0.05) is 60.7 Å². The molecule has 0 fully saturated rings. The number of rotatable bonds is 5. The highest BCUT2D eigenvalue weighted by molar-refractivity contribution is 6.05. The summed E-state index contributed by atoms with van der Waals surface area (Å²) < 4.78 is 2.29. The predicted molar refractivity (Wildman–Crippen MR) is 130 cm³/mol. The number of benzene rings is 3. The monoisotopic (exact) mass is 406 g/mol. The third-order valence-electron chi connectivity index (χ3n) is 5.96. The Kier molecular flexibility index (Phi) is 5.64. The Morgan fingerprint density at radius 1 is 0.903 bits per heavy atom. The Morgan fingerprint density at radius 2 is 1.58 bits per heavy atom. The predicted octanol–water partition coefficient (Wildman–Crippen LogP) is 5.29. The molecule has 0 spiro atoms. The molecule has 0 bridgehead atoms. The van der Waals surface area contributed by atoms with E-state index in [2.05, 4.69) is 110 Å². The van der Waals surface area contributed by atoms with Crippen LogP contribution in [0, 0.1) is 12.1 Å². The van der Waals surface area contributed by atoms with Gasteiger partial charge in [-0.25, -0.2) is 0 Å². The quantitative estimate of drug-likeness (QED) is 0.355. The Balaban J connectivity index is 1.55. The zero-order valence-electron chi connectivity index (χ0n) is 18.3. The number of fused-ring (bicyclic) bond motifs is 1. The number of para-hydroxylation sites is 1. The number of anilines is 1. The molecule has 0 saturated heterocycles. The highest BCUT2D eigenvalue weighted by atomic mass is 15.1. The fourth-order valence-corrected chi connectivity index (χ4v) is 4.28. The minimum absolute atomic E-state index is 0.0228. The van der Waals surface area contributed by atoms with Gasteiger partial charge in [0.15, 0.2) is 5.71 Å². The van der Waals surface area contributed by atoms with Crippen molar-refractivity contribution >= 4 is 23.2 Å². The topological polar surface area (TPSA) is 32.3 Å². The zero-order chi connectivity index (χ0) is 21.8. The molecule has 0 amide bonds. The minimum atomic E-state index is -0.0228. The van der Waals surface area contributed by atoms with Gasteiger partial charge >= 0.3 is 0 Å². The first kappa shape index (κ1) is 20.5. The van der Waals surface area contributed by atoms with Crippen molar-refractivity contribution in [2.75, 3.05) is 11.9 Å². The van der Waals surface area contributed by atoms with Crippen molar-refractivity contribution in [3.05, 3.63) is 102 Å². The van der Waals surface area contributed by atoms with Crippen molar-refractivity contribution in [2.45, 2.75) is 25.8 Å². The maximum Gasteiger partial charge on any atom is 0.209 e. The van der Waals surface area contributed by atoms with Gasteiger partial charge < -0.3 is 5.73 Å². The fourth-order valence-electron chi connectivity index (χ4n) is 4.28. The molecule has 0 unspecified atom stereocenters. The van der Waals surface area contributed by atoms with Gasteiger partial charge in [-0.15, -0.1) is 0 Å². The smallest absolute Gasteiger partial charge is 0.209 e. The molecule has 1 heterocycles. The fraction of sp³-hybridized carbons (Fsp3) is 0.179. The van der Waals surface area contributed by atoms with Gasteiger partial charge in [-0.3, -0.25) is 4.90 Å². The first-order chi connectivity index (χ1) is 15.0. The Bertz CT molecular complexity index is 1190. The average molecular weight is 407 g/mol. The number of nitrogens with two attached hydrogens (primary N) is 1. The van der Waals surface area contributed by atoms with Gasteiger partial charge in [0, 0.05) is 35.5 Å². The maximum absolute atomic E-state index is 5.52. The van der Waals surface area contributed by atoms with Gasteiger partial charge in [0.2, 0.25) is 5.69 Å². The van der Waals surface area contributed by atoms with Crippen molar-refractivity contribution in [2.24, 2.45) is 5.73 Å². The molecule has 2 N–H and O–H groups in total. The zero-order valence-corrected chi connectivity index (χ0v) is 18.3. The molecule has 0 saturated carbocycles. The molecule has 31 heavy (non-hydrogen) atoms. The van der Waals surface area contributed by atoms with Crippen LogP contribution >= 0.6 is 0 Å². The minimum Gasteiger partial charge on any atom is -0.358 e. The molecule has 0 aromatic heterocycles. The normalized spacial score (nSPS) is 14.3. The van der Waals surface area contributed by atoms with E-state index in [-0.39, 0.29) is 5.41 Å². The van der Waals surface area contributed by atoms with Crippen LogP contribution in [-0.4, -0.2) is 17.3 Å². The van der Waals surface area contributed by atoms with E-state index in [1.165, 1.54) is 22.5 Å². The van der Waals surface area contributed by atoms with Crippen LogP contribution in [0.1, 0.15) is 30.5 Å². The molecule has 3 heteroatoms. The van der Waals surface area contributed by atoms with E-state index >= 15 is 0 Å². The van der Waals surface area contributed by atoms with Crippen molar-refractivity contribution in [3.63, 3.8) is 0 Å². The van der Waals surface area contributed by atoms with E-state index in [1.54, 1.807) is 0 Å². The molecular formula is C28H28N3+. The summed E-state index contributed by atoms with van der Waals surface area (Å²) in [6, 6.07) is 32.9. The third kappa shape index (κ3) is 4.11. The first-order valence-corrected chi connectivity index (χ1v) is 10.5. The standard InChI is InChI=1S/C28H28N3/c1-28(2)25-11-7-8-12-26(25)30(3)27(28)18-15-22-13-16-24(17-14-22)31(20-19-29)21-23-9-5-4-6-10-23/h4-18H,21,29H2,1-3H3/q+1. The SMILES string of the molecule is C[N+]1=C(C=Cc2ccc(N(C#CN)Cc3ccccc3)cc2)C(C)(C)c2ccccc21. The summed E-state index contributed by atoms with van der Waals surface area (Å²) in [5, 5.41) is 0. The van der Waals surface area contributed by atoms with Crippen LogP contribution in [0.15, 0.2) is 84.9 Å². The lowest BCUT2D eigenvalue weighted by atomic mass is 9.81. The van der Waals surface area contributed by atoms with Crippen LogP contribution in [0.4, 0.5) is 11.4 Å². The van der Waals surface area contributed by atoms with Crippen LogP contribution in [0.2, 0.25) is 0 Å². The van der Waals surface area contributed by atoms with Gasteiger partial charge in [0.25, 0.3) is 0 Å². The maximum atomic E-state index is 5.52. The first-order valence-electron chi connectivity index (χ1n) is 10.5. The third-order valence-corrected chi connectivity index (χ3v) is 5.96. The van der Waals surface area contributed by atoms with E-state index in [4.69, 9.17) is 5.73 Å². The van der Waals surface area contributed by atoms with Crippen LogP contribution in [0.5, 0.6) is 0 Å². The van der Waals surface area contributed by atoms with E-state index < -0.39 is 0 Å². The molecule has 154 valence electrons. The van der Waals surface area contributed by atoms with Gasteiger partial charge in [0.1, 0.15) is 7.05 Å². The van der Waals surface area contributed by atoms with E-state index in [0.717, 1.165) is 11.3 Å². The summed E-state index contributed by atoms with van der Waals surface area (Å²) in [7, 11) is 2.14. The lowest BCUT2D eigenvalue weighted by molar-refractivity contribution is -0.401. The van der Waals surface area contributed by atoms with Crippen LogP contribution in [0.3, 0.4) is 0 Å². The number of allylic oxidation sites excluding steroid dienone is 1. The Morgan fingerprint density at radius 3 is 2.26 bits per heavy atom. The summed E-state index contributed by atoms with van der Waals surface area (Å²) >= 11 is 0. The summed E-state index contributed by atoms with van der Waals surface area (Å²) in [6.07, 6.45) is 4.41. The van der Waals surface area contributed by atoms with Crippen molar-refractivity contribution in [1.29, 1.82) is 0 Å². The summed E-state index contributed by atoms with van der Waals surface area (Å²) in [5.74, 6) is 0. The molecule has 3 aromatic carbocycles. The second kappa shape index (κ2) is 8.53. The molecule has 0 radical (unpaired) electrons. The molecule has 4 rings (SSSR count). The second-order valence-corrected chi connectivity index (χ2v) is 8.34. The molecule has 3 aromatic rings. The van der Waals surface area contributed by atoms with Crippen molar-refractivity contribution < 1.29 is 4.58 Å². The highest BCUT2D eigenvalue weighted by Gasteiger charge is 2.42. The van der Waals surface area contributed by atoms with Crippen LogP contribution in [-0.2, 0) is 12.0 Å². The molecule has 1 aliphatic heterocycles. The lowest BCUT2D eigenvalue weighted by Gasteiger charge is -2.18. The van der Waals surface area contributed by atoms with E-state index in [1.807, 2.05) is 23.1 Å². The molecule has 1 aliphatic rings. The summed E-state index contributed by atoms with van der Waals surface area (Å²) in [6.45, 7) is 5.26. The van der Waals surface area contributed by atoms with Gasteiger partial charge in [-0.05, 0) is 43.2 Å². The van der Waals surface area contributed by atoms with Crippen molar-refractivity contribution in [1.82, 2.24) is 0 Å². The highest BCUT2D eigenvalue weighted by Crippen LogP contribution is 2.39. The largest absolute Gasteiger partial charge is 0.358 e. The summed E-state index contributed by atoms with van der Waals surface area (Å²) in [4.78, 5) is 1.97. The Labute approximate surface area is 185 Å². The van der Waals surface area contributed by atoms with E-state index in [9.17, 15) is 0 Å².